The number of hydrogen-bond acceptors (Lipinski definition) is 5. The Morgan fingerprint density at radius 2 is 1.69 bits per heavy atom. The van der Waals surface area contributed by atoms with Gasteiger partial charge in [0.15, 0.2) is 5.82 Å². The predicted molar refractivity (Wildman–Crippen MR) is 113 cm³/mol. The Morgan fingerprint density at radius 1 is 0.931 bits per heavy atom. The minimum atomic E-state index is -0.732. The Bertz CT molecular complexity index is 702. The van der Waals surface area contributed by atoms with Gasteiger partial charge >= 0.3 is 5.97 Å². The van der Waals surface area contributed by atoms with Crippen LogP contribution in [0.1, 0.15) is 57.4 Å². The maximum Gasteiger partial charge on any atom is 0.303 e. The van der Waals surface area contributed by atoms with Gasteiger partial charge in [0, 0.05) is 31.0 Å². The number of nitrogens with zero attached hydrogens (tertiary/aromatic N) is 2. The number of carboxylic acids is 1. The van der Waals surface area contributed by atoms with Crippen LogP contribution in [0.3, 0.4) is 0 Å². The molecule has 0 aliphatic rings. The zero-order chi connectivity index (χ0) is 20.7. The third-order valence-corrected chi connectivity index (χ3v) is 4.56. The minimum absolute atomic E-state index is 0.237. The van der Waals surface area contributed by atoms with E-state index in [1.165, 1.54) is 12.8 Å². The molecule has 0 saturated heterocycles. The van der Waals surface area contributed by atoms with Crippen molar-refractivity contribution in [3.05, 3.63) is 42.2 Å². The lowest BCUT2D eigenvalue weighted by Gasteiger charge is -2.08. The molecule has 158 valence electrons. The molecule has 1 aromatic carbocycles. The Kier molecular flexibility index (Phi) is 10.7. The van der Waals surface area contributed by atoms with E-state index in [2.05, 4.69) is 16.9 Å². The van der Waals surface area contributed by atoms with Crippen LogP contribution < -0.4 is 4.74 Å². The lowest BCUT2D eigenvalue weighted by Crippen LogP contribution is -2.07. The summed E-state index contributed by atoms with van der Waals surface area (Å²) in [5.41, 5.74) is 2.02. The zero-order valence-corrected chi connectivity index (χ0v) is 17.3. The molecule has 0 unspecified atom stereocenters. The number of aliphatic carboxylic acids is 1. The van der Waals surface area contributed by atoms with Crippen LogP contribution in [0.15, 0.2) is 36.7 Å². The molecular weight excluding hydrogens is 368 g/mol. The lowest BCUT2D eigenvalue weighted by atomic mass is 10.1. The van der Waals surface area contributed by atoms with Crippen LogP contribution in [0.2, 0.25) is 0 Å². The molecule has 6 heteroatoms. The molecule has 2 rings (SSSR count). The first-order chi connectivity index (χ1) is 14.2. The first-order valence-electron chi connectivity index (χ1n) is 10.5. The molecule has 0 amide bonds. The summed E-state index contributed by atoms with van der Waals surface area (Å²) in [5, 5.41) is 8.64. The maximum atomic E-state index is 10.5. The molecule has 0 bridgehead atoms. The van der Waals surface area contributed by atoms with E-state index in [-0.39, 0.29) is 6.42 Å². The SMILES string of the molecule is CCCCCOCCOc1ccc(-c2ncc(CCCCCC(=O)O)cn2)cc1. The Morgan fingerprint density at radius 3 is 2.38 bits per heavy atom. The number of carbonyl (C=O) groups is 1. The topological polar surface area (TPSA) is 81.5 Å². The Balaban J connectivity index is 1.70. The van der Waals surface area contributed by atoms with Crippen LogP contribution >= 0.6 is 0 Å². The number of ether oxygens (including phenoxy) is 2. The number of aryl methyl sites for hydroxylation is 1. The highest BCUT2D eigenvalue weighted by atomic mass is 16.5. The van der Waals surface area contributed by atoms with E-state index in [1.807, 2.05) is 36.7 Å². The second-order valence-corrected chi connectivity index (χ2v) is 7.06. The summed E-state index contributed by atoms with van der Waals surface area (Å²) in [6.07, 6.45) is 10.9. The van der Waals surface area contributed by atoms with Gasteiger partial charge in [-0.1, -0.05) is 26.2 Å². The van der Waals surface area contributed by atoms with Crippen LogP contribution in [-0.4, -0.2) is 40.9 Å². The molecule has 0 saturated carbocycles. The summed E-state index contributed by atoms with van der Waals surface area (Å²) < 4.78 is 11.2. The Hall–Kier alpha value is -2.47. The molecule has 1 aromatic heterocycles. The standard InChI is InChI=1S/C23H32N2O4/c1-2-3-7-14-28-15-16-29-21-12-10-20(11-13-21)23-24-17-19(18-25-23)8-5-4-6-9-22(26)27/h10-13,17-18H,2-9,14-16H2,1H3,(H,26,27). The number of hydrogen-bond donors (Lipinski definition) is 1. The molecule has 0 atom stereocenters. The van der Waals surface area contributed by atoms with Gasteiger partial charge in [-0.3, -0.25) is 4.79 Å². The van der Waals surface area contributed by atoms with Crippen molar-refractivity contribution in [1.82, 2.24) is 9.97 Å². The molecule has 1 N–H and O–H groups in total. The monoisotopic (exact) mass is 400 g/mol. The minimum Gasteiger partial charge on any atom is -0.491 e. The van der Waals surface area contributed by atoms with E-state index < -0.39 is 5.97 Å². The van der Waals surface area contributed by atoms with Crippen molar-refractivity contribution >= 4 is 5.97 Å². The van der Waals surface area contributed by atoms with Crippen molar-refractivity contribution in [3.63, 3.8) is 0 Å². The van der Waals surface area contributed by atoms with Gasteiger partial charge in [-0.15, -0.1) is 0 Å². The van der Waals surface area contributed by atoms with Crippen molar-refractivity contribution in [2.45, 2.75) is 58.3 Å². The summed E-state index contributed by atoms with van der Waals surface area (Å²) in [7, 11) is 0. The van der Waals surface area contributed by atoms with Gasteiger partial charge in [0.25, 0.3) is 0 Å². The predicted octanol–water partition coefficient (Wildman–Crippen LogP) is 4.92. The number of unbranched alkanes of at least 4 members (excludes halogenated alkanes) is 4. The summed E-state index contributed by atoms with van der Waals surface area (Å²) in [6.45, 7) is 4.13. The lowest BCUT2D eigenvalue weighted by molar-refractivity contribution is -0.137. The molecule has 0 radical (unpaired) electrons. The quantitative estimate of drug-likeness (QED) is 0.428. The van der Waals surface area contributed by atoms with E-state index in [9.17, 15) is 4.79 Å². The molecule has 0 spiro atoms. The normalized spacial score (nSPS) is 10.8. The molecule has 0 aliphatic heterocycles. The fourth-order valence-corrected chi connectivity index (χ4v) is 2.89. The van der Waals surface area contributed by atoms with Gasteiger partial charge in [0.2, 0.25) is 0 Å². The van der Waals surface area contributed by atoms with E-state index >= 15 is 0 Å². The molecular formula is C23H32N2O4. The molecule has 0 fully saturated rings. The van der Waals surface area contributed by atoms with Gasteiger partial charge in [-0.05, 0) is 55.5 Å². The molecule has 2 aromatic rings. The second kappa shape index (κ2) is 13.7. The van der Waals surface area contributed by atoms with Crippen LogP contribution in [0.25, 0.3) is 11.4 Å². The van der Waals surface area contributed by atoms with E-state index in [4.69, 9.17) is 14.6 Å². The third-order valence-electron chi connectivity index (χ3n) is 4.56. The van der Waals surface area contributed by atoms with Crippen molar-refractivity contribution in [2.24, 2.45) is 0 Å². The van der Waals surface area contributed by atoms with Crippen LogP contribution in [0, 0.1) is 0 Å². The summed E-state index contributed by atoms with van der Waals surface area (Å²) in [6, 6.07) is 7.76. The number of carboxylic acid groups (broad SMARTS) is 1. The van der Waals surface area contributed by atoms with Crippen molar-refractivity contribution in [3.8, 4) is 17.1 Å². The smallest absolute Gasteiger partial charge is 0.303 e. The number of benzene rings is 1. The third kappa shape index (κ3) is 9.52. The Labute approximate surface area is 173 Å². The zero-order valence-electron chi connectivity index (χ0n) is 17.3. The van der Waals surface area contributed by atoms with Crippen LogP contribution in [-0.2, 0) is 16.0 Å². The fraction of sp³-hybridized carbons (Fsp3) is 0.522. The fourth-order valence-electron chi connectivity index (χ4n) is 2.89. The van der Waals surface area contributed by atoms with Gasteiger partial charge in [-0.2, -0.15) is 0 Å². The van der Waals surface area contributed by atoms with Gasteiger partial charge in [-0.25, -0.2) is 9.97 Å². The summed E-state index contributed by atoms with van der Waals surface area (Å²) in [4.78, 5) is 19.4. The maximum absolute atomic E-state index is 10.5. The average molecular weight is 401 g/mol. The van der Waals surface area contributed by atoms with E-state index in [0.717, 1.165) is 49.2 Å². The van der Waals surface area contributed by atoms with Crippen molar-refractivity contribution in [1.29, 1.82) is 0 Å². The molecule has 0 aliphatic carbocycles. The van der Waals surface area contributed by atoms with E-state index in [0.29, 0.717) is 25.5 Å². The average Bonchev–Trinajstić information content (AvgIpc) is 2.74. The van der Waals surface area contributed by atoms with Crippen molar-refractivity contribution < 1.29 is 19.4 Å². The highest BCUT2D eigenvalue weighted by molar-refractivity contribution is 5.66. The molecule has 6 nitrogen and oxygen atoms in total. The van der Waals surface area contributed by atoms with Gasteiger partial charge in [0.05, 0.1) is 6.61 Å². The second-order valence-electron chi connectivity index (χ2n) is 7.06. The van der Waals surface area contributed by atoms with Crippen LogP contribution in [0.5, 0.6) is 5.75 Å². The van der Waals surface area contributed by atoms with Crippen LogP contribution in [0.4, 0.5) is 0 Å². The van der Waals surface area contributed by atoms with Gasteiger partial charge < -0.3 is 14.6 Å². The first kappa shape index (κ1) is 22.8. The molecule has 29 heavy (non-hydrogen) atoms. The number of rotatable bonds is 15. The van der Waals surface area contributed by atoms with Gasteiger partial charge in [0.1, 0.15) is 12.4 Å². The van der Waals surface area contributed by atoms with Crippen molar-refractivity contribution in [2.75, 3.05) is 19.8 Å². The largest absolute Gasteiger partial charge is 0.491 e. The summed E-state index contributed by atoms with van der Waals surface area (Å²) in [5.74, 6) is 0.763. The highest BCUT2D eigenvalue weighted by Crippen LogP contribution is 2.19. The number of aromatic nitrogens is 2. The molecule has 1 heterocycles. The first-order valence-corrected chi connectivity index (χ1v) is 10.5. The highest BCUT2D eigenvalue weighted by Gasteiger charge is 2.03. The summed E-state index contributed by atoms with van der Waals surface area (Å²) >= 11 is 0. The van der Waals surface area contributed by atoms with E-state index in [1.54, 1.807) is 0 Å².